The lowest BCUT2D eigenvalue weighted by Crippen LogP contribution is -2.06. The number of aliphatic hydroxyl groups excluding tert-OH is 1. The number of hydrogen-bond acceptors (Lipinski definition) is 3. The Hall–Kier alpha value is -1.03. The van der Waals surface area contributed by atoms with Crippen molar-refractivity contribution in [2.45, 2.75) is 39.7 Å². The molecule has 0 atom stereocenters. The molecule has 0 spiro atoms. The second-order valence-corrected chi connectivity index (χ2v) is 3.80. The van der Waals surface area contributed by atoms with Crippen molar-refractivity contribution in [1.29, 1.82) is 0 Å². The summed E-state index contributed by atoms with van der Waals surface area (Å²) >= 11 is 0. The molecule has 1 N–H and O–H groups in total. The number of hydrogen-bond donors (Lipinski definition) is 1. The molecule has 0 saturated carbocycles. The van der Waals surface area contributed by atoms with Crippen LogP contribution < -0.4 is 4.74 Å². The van der Waals surface area contributed by atoms with Crippen molar-refractivity contribution in [2.75, 3.05) is 13.7 Å². The van der Waals surface area contributed by atoms with Crippen LogP contribution in [0.5, 0.6) is 5.88 Å². The predicted molar refractivity (Wildman–Crippen MR) is 59.3 cm³/mol. The van der Waals surface area contributed by atoms with E-state index in [1.165, 1.54) is 0 Å². The zero-order valence-electron chi connectivity index (χ0n) is 9.95. The van der Waals surface area contributed by atoms with Crippen LogP contribution in [0.3, 0.4) is 0 Å². The number of methoxy groups -OCH3 is 1. The zero-order valence-corrected chi connectivity index (χ0v) is 9.95. The first-order chi connectivity index (χ1) is 7.15. The third-order valence-corrected chi connectivity index (χ3v) is 2.42. The van der Waals surface area contributed by atoms with Gasteiger partial charge in [0.15, 0.2) is 0 Å². The van der Waals surface area contributed by atoms with Gasteiger partial charge in [0, 0.05) is 18.6 Å². The molecule has 15 heavy (non-hydrogen) atoms. The zero-order chi connectivity index (χ0) is 11.4. The Morgan fingerprint density at radius 3 is 2.53 bits per heavy atom. The van der Waals surface area contributed by atoms with Gasteiger partial charge in [-0.1, -0.05) is 6.92 Å². The minimum absolute atomic E-state index is 0.132. The fraction of sp³-hybridized carbons (Fsp3) is 0.727. The van der Waals surface area contributed by atoms with E-state index in [0.717, 1.165) is 23.6 Å². The average molecular weight is 212 g/mol. The van der Waals surface area contributed by atoms with Crippen LogP contribution in [-0.4, -0.2) is 28.6 Å². The van der Waals surface area contributed by atoms with Gasteiger partial charge in [0.25, 0.3) is 0 Å². The van der Waals surface area contributed by atoms with Crippen molar-refractivity contribution in [3.05, 3.63) is 11.3 Å². The van der Waals surface area contributed by atoms with E-state index in [1.54, 1.807) is 7.11 Å². The Morgan fingerprint density at radius 1 is 1.47 bits per heavy atom. The van der Waals surface area contributed by atoms with Crippen LogP contribution in [-0.2, 0) is 12.8 Å². The number of ether oxygens (including phenoxy) is 1. The minimum Gasteiger partial charge on any atom is -0.481 e. The number of aryl methyl sites for hydroxylation is 1. The normalized spacial score (nSPS) is 11.1. The van der Waals surface area contributed by atoms with Crippen molar-refractivity contribution < 1.29 is 9.84 Å². The first-order valence-electron chi connectivity index (χ1n) is 5.40. The molecule has 4 heteroatoms. The molecule has 1 aromatic heterocycles. The minimum atomic E-state index is 0.132. The molecule has 1 heterocycles. The molecule has 0 aliphatic carbocycles. The quantitative estimate of drug-likeness (QED) is 0.806. The van der Waals surface area contributed by atoms with Gasteiger partial charge in [0.2, 0.25) is 5.88 Å². The Labute approximate surface area is 90.9 Å². The second-order valence-electron chi connectivity index (χ2n) is 3.80. The summed E-state index contributed by atoms with van der Waals surface area (Å²) in [6.07, 6.45) is 1.48. The van der Waals surface area contributed by atoms with E-state index >= 15 is 0 Å². The molecule has 4 nitrogen and oxygen atoms in total. The van der Waals surface area contributed by atoms with Gasteiger partial charge in [-0.15, -0.1) is 0 Å². The van der Waals surface area contributed by atoms with E-state index in [9.17, 15) is 0 Å². The molecule has 0 saturated heterocycles. The van der Waals surface area contributed by atoms with Gasteiger partial charge in [0.05, 0.1) is 18.8 Å². The molecule has 0 aliphatic heterocycles. The molecule has 0 aromatic carbocycles. The van der Waals surface area contributed by atoms with Crippen molar-refractivity contribution in [3.8, 4) is 5.88 Å². The molecule has 0 fully saturated rings. The Morgan fingerprint density at radius 2 is 2.13 bits per heavy atom. The third-order valence-electron chi connectivity index (χ3n) is 2.42. The van der Waals surface area contributed by atoms with Crippen LogP contribution in [0, 0.1) is 0 Å². The van der Waals surface area contributed by atoms with Gasteiger partial charge in [-0.25, -0.2) is 4.68 Å². The highest BCUT2D eigenvalue weighted by Crippen LogP contribution is 2.26. The lowest BCUT2D eigenvalue weighted by atomic mass is 10.1. The van der Waals surface area contributed by atoms with Crippen LogP contribution in [0.15, 0.2) is 0 Å². The van der Waals surface area contributed by atoms with Crippen molar-refractivity contribution in [3.63, 3.8) is 0 Å². The first-order valence-corrected chi connectivity index (χ1v) is 5.40. The molecule has 0 aliphatic rings. The summed E-state index contributed by atoms with van der Waals surface area (Å²) in [6.45, 7) is 6.33. The van der Waals surface area contributed by atoms with E-state index in [1.807, 2.05) is 4.68 Å². The summed E-state index contributed by atoms with van der Waals surface area (Å²) in [5.74, 6) is 0.788. The highest BCUT2D eigenvalue weighted by molar-refractivity contribution is 5.32. The largest absolute Gasteiger partial charge is 0.481 e. The van der Waals surface area contributed by atoms with Crippen LogP contribution >= 0.6 is 0 Å². The fourth-order valence-electron chi connectivity index (χ4n) is 1.71. The fourth-order valence-corrected chi connectivity index (χ4v) is 1.71. The van der Waals surface area contributed by atoms with E-state index < -0.39 is 0 Å². The lowest BCUT2D eigenvalue weighted by Gasteiger charge is -2.10. The highest BCUT2D eigenvalue weighted by atomic mass is 16.5. The van der Waals surface area contributed by atoms with Gasteiger partial charge >= 0.3 is 0 Å². The summed E-state index contributed by atoms with van der Waals surface area (Å²) in [5, 5.41) is 13.5. The van der Waals surface area contributed by atoms with Gasteiger partial charge in [-0.3, -0.25) is 0 Å². The SMILES string of the molecule is CCc1nn(C(C)C)c(OC)c1CCO. The molecular weight excluding hydrogens is 192 g/mol. The number of aromatic nitrogens is 2. The highest BCUT2D eigenvalue weighted by Gasteiger charge is 2.18. The maximum Gasteiger partial charge on any atom is 0.215 e. The maximum atomic E-state index is 9.01. The summed E-state index contributed by atoms with van der Waals surface area (Å²) in [6, 6.07) is 0.276. The van der Waals surface area contributed by atoms with Gasteiger partial charge in [-0.05, 0) is 20.3 Å². The Bertz CT molecular complexity index is 319. The third kappa shape index (κ3) is 2.31. The molecule has 0 bridgehead atoms. The van der Waals surface area contributed by atoms with E-state index in [2.05, 4.69) is 25.9 Å². The second kappa shape index (κ2) is 5.16. The molecule has 0 amide bonds. The molecule has 0 radical (unpaired) electrons. The molecule has 1 aromatic rings. The summed E-state index contributed by atoms with van der Waals surface area (Å²) in [7, 11) is 1.65. The van der Waals surface area contributed by atoms with Crippen molar-refractivity contribution in [2.24, 2.45) is 0 Å². The first kappa shape index (κ1) is 12.0. The number of nitrogens with zero attached hydrogens (tertiary/aromatic N) is 2. The summed E-state index contributed by atoms with van der Waals surface area (Å²) in [4.78, 5) is 0. The van der Waals surface area contributed by atoms with Crippen LogP contribution in [0.4, 0.5) is 0 Å². The molecule has 86 valence electrons. The Kier molecular flexibility index (Phi) is 4.15. The van der Waals surface area contributed by atoms with E-state index in [0.29, 0.717) is 6.42 Å². The molecule has 1 rings (SSSR count). The summed E-state index contributed by atoms with van der Waals surface area (Å²) < 4.78 is 7.24. The van der Waals surface area contributed by atoms with Gasteiger partial charge < -0.3 is 9.84 Å². The standard InChI is InChI=1S/C11H20N2O2/c1-5-10-9(6-7-14)11(15-4)13(12-10)8(2)3/h8,14H,5-7H2,1-4H3. The maximum absolute atomic E-state index is 9.01. The lowest BCUT2D eigenvalue weighted by molar-refractivity contribution is 0.293. The smallest absolute Gasteiger partial charge is 0.215 e. The average Bonchev–Trinajstić information content (AvgIpc) is 2.56. The van der Waals surface area contributed by atoms with Crippen LogP contribution in [0.1, 0.15) is 38.1 Å². The Balaban J connectivity index is 3.19. The summed E-state index contributed by atoms with van der Waals surface area (Å²) in [5.41, 5.74) is 2.06. The van der Waals surface area contributed by atoms with E-state index in [4.69, 9.17) is 9.84 Å². The number of aliphatic hydroxyl groups is 1. The predicted octanol–water partition coefficient (Wildman–Crippen LogP) is 1.57. The van der Waals surface area contributed by atoms with Crippen LogP contribution in [0.25, 0.3) is 0 Å². The van der Waals surface area contributed by atoms with Gasteiger partial charge in [-0.2, -0.15) is 5.10 Å². The van der Waals surface area contributed by atoms with Crippen molar-refractivity contribution >= 4 is 0 Å². The molecular formula is C11H20N2O2. The molecule has 0 unspecified atom stereocenters. The van der Waals surface area contributed by atoms with Gasteiger partial charge in [0.1, 0.15) is 0 Å². The monoisotopic (exact) mass is 212 g/mol. The van der Waals surface area contributed by atoms with Crippen LogP contribution in [0.2, 0.25) is 0 Å². The van der Waals surface area contributed by atoms with Crippen molar-refractivity contribution in [1.82, 2.24) is 9.78 Å². The topological polar surface area (TPSA) is 47.3 Å². The van der Waals surface area contributed by atoms with E-state index in [-0.39, 0.29) is 12.6 Å². The number of rotatable bonds is 5.